The Morgan fingerprint density at radius 3 is 2.55 bits per heavy atom. The van der Waals surface area contributed by atoms with Crippen molar-refractivity contribution < 1.29 is 9.18 Å². The molecule has 0 fully saturated rings. The third-order valence-electron chi connectivity index (χ3n) is 3.23. The zero-order chi connectivity index (χ0) is 15.1. The van der Waals surface area contributed by atoms with Crippen LogP contribution in [-0.4, -0.2) is 12.1 Å². The maximum atomic E-state index is 13.4. The van der Waals surface area contributed by atoms with Crippen LogP contribution < -0.4 is 10.6 Å². The summed E-state index contributed by atoms with van der Waals surface area (Å²) in [4.78, 5) is 11.8. The van der Waals surface area contributed by atoms with Gasteiger partial charge in [-0.25, -0.2) is 9.18 Å². The number of aryl methyl sites for hydroxylation is 1. The van der Waals surface area contributed by atoms with Gasteiger partial charge in [-0.15, -0.1) is 0 Å². The van der Waals surface area contributed by atoms with Crippen LogP contribution in [0.1, 0.15) is 45.6 Å². The van der Waals surface area contributed by atoms with Crippen molar-refractivity contribution in [1.29, 1.82) is 0 Å². The molecule has 2 amide bonds. The third kappa shape index (κ3) is 6.04. The van der Waals surface area contributed by atoms with Crippen LogP contribution in [-0.2, 0) is 0 Å². The lowest BCUT2D eigenvalue weighted by atomic mass is 10.0. The number of carbonyl (C=O) groups is 1. The third-order valence-corrected chi connectivity index (χ3v) is 3.23. The number of hydrogen-bond acceptors (Lipinski definition) is 1. The van der Waals surface area contributed by atoms with Crippen molar-refractivity contribution in [2.45, 2.75) is 53.0 Å². The number of anilines is 1. The molecule has 0 bridgehead atoms. The molecule has 1 aromatic carbocycles. The van der Waals surface area contributed by atoms with Crippen LogP contribution in [0, 0.1) is 18.7 Å². The minimum absolute atomic E-state index is 0.115. The van der Waals surface area contributed by atoms with Gasteiger partial charge in [0.2, 0.25) is 0 Å². The van der Waals surface area contributed by atoms with Crippen LogP contribution in [0.4, 0.5) is 14.9 Å². The van der Waals surface area contributed by atoms with Crippen molar-refractivity contribution in [3.05, 3.63) is 29.6 Å². The lowest BCUT2D eigenvalue weighted by Crippen LogP contribution is -2.36. The van der Waals surface area contributed by atoms with E-state index in [1.54, 1.807) is 19.1 Å². The summed E-state index contributed by atoms with van der Waals surface area (Å²) in [6, 6.07) is 4.51. The molecule has 0 saturated heterocycles. The number of urea groups is 1. The molecule has 0 spiro atoms. The Labute approximate surface area is 121 Å². The van der Waals surface area contributed by atoms with Gasteiger partial charge in [0.25, 0.3) is 0 Å². The van der Waals surface area contributed by atoms with Crippen molar-refractivity contribution in [2.75, 3.05) is 5.32 Å². The molecule has 0 aliphatic heterocycles. The Bertz CT molecular complexity index is 446. The summed E-state index contributed by atoms with van der Waals surface area (Å²) in [6.07, 6.45) is 3.21. The van der Waals surface area contributed by atoms with Crippen molar-refractivity contribution >= 4 is 11.7 Å². The summed E-state index contributed by atoms with van der Waals surface area (Å²) in [7, 11) is 0. The van der Waals surface area contributed by atoms with Gasteiger partial charge in [0.1, 0.15) is 5.82 Å². The minimum Gasteiger partial charge on any atom is -0.335 e. The normalized spacial score (nSPS) is 12.3. The Morgan fingerprint density at radius 2 is 1.95 bits per heavy atom. The quantitative estimate of drug-likeness (QED) is 0.793. The summed E-state index contributed by atoms with van der Waals surface area (Å²) in [5.41, 5.74) is 1.04. The number of nitrogens with one attached hydrogen (secondary N) is 2. The van der Waals surface area contributed by atoms with E-state index in [9.17, 15) is 9.18 Å². The number of halogens is 1. The average molecular weight is 280 g/mol. The van der Waals surface area contributed by atoms with Gasteiger partial charge in [0.05, 0.1) is 0 Å². The molecule has 0 radical (unpaired) electrons. The first-order chi connectivity index (χ1) is 9.38. The Balaban J connectivity index is 2.37. The van der Waals surface area contributed by atoms with E-state index in [2.05, 4.69) is 24.5 Å². The fourth-order valence-electron chi connectivity index (χ4n) is 1.97. The fraction of sp³-hybridized carbons (Fsp3) is 0.562. The molecule has 1 aromatic rings. The van der Waals surface area contributed by atoms with Gasteiger partial charge in [0, 0.05) is 11.7 Å². The van der Waals surface area contributed by atoms with Crippen LogP contribution in [0.5, 0.6) is 0 Å². The second kappa shape index (κ2) is 7.88. The molecular formula is C16H25FN2O. The minimum atomic E-state index is -0.312. The summed E-state index contributed by atoms with van der Waals surface area (Å²) in [5, 5.41) is 5.51. The van der Waals surface area contributed by atoms with Crippen molar-refractivity contribution in [3.8, 4) is 0 Å². The Morgan fingerprint density at radius 1 is 1.25 bits per heavy atom. The molecule has 0 aliphatic carbocycles. The number of carbonyl (C=O) groups excluding carboxylic acids is 1. The number of hydrogen-bond donors (Lipinski definition) is 2. The van der Waals surface area contributed by atoms with E-state index in [0.29, 0.717) is 17.2 Å². The smallest absolute Gasteiger partial charge is 0.319 e. The van der Waals surface area contributed by atoms with E-state index in [-0.39, 0.29) is 17.9 Å². The zero-order valence-electron chi connectivity index (χ0n) is 12.8. The summed E-state index contributed by atoms with van der Waals surface area (Å²) < 4.78 is 13.4. The molecule has 2 N–H and O–H groups in total. The van der Waals surface area contributed by atoms with Crippen molar-refractivity contribution in [3.63, 3.8) is 0 Å². The topological polar surface area (TPSA) is 41.1 Å². The predicted molar refractivity (Wildman–Crippen MR) is 81.4 cm³/mol. The predicted octanol–water partition coefficient (Wildman–Crippen LogP) is 4.47. The molecule has 20 heavy (non-hydrogen) atoms. The SMILES string of the molecule is Cc1ccc(NC(=O)N[C@H](C)CCCC(C)C)cc1F. The van der Waals surface area contributed by atoms with Gasteiger partial charge in [-0.1, -0.05) is 32.8 Å². The lowest BCUT2D eigenvalue weighted by Gasteiger charge is -2.15. The number of benzene rings is 1. The average Bonchev–Trinajstić information content (AvgIpc) is 2.33. The van der Waals surface area contributed by atoms with Gasteiger partial charge >= 0.3 is 6.03 Å². The van der Waals surface area contributed by atoms with Crippen LogP contribution in [0.25, 0.3) is 0 Å². The van der Waals surface area contributed by atoms with Gasteiger partial charge in [-0.05, 0) is 43.9 Å². The molecule has 0 saturated carbocycles. The van der Waals surface area contributed by atoms with E-state index in [1.807, 2.05) is 6.92 Å². The first kappa shape index (κ1) is 16.5. The Hall–Kier alpha value is -1.58. The van der Waals surface area contributed by atoms with Crippen LogP contribution in [0.3, 0.4) is 0 Å². The van der Waals surface area contributed by atoms with Crippen molar-refractivity contribution in [1.82, 2.24) is 5.32 Å². The zero-order valence-corrected chi connectivity index (χ0v) is 12.8. The first-order valence-electron chi connectivity index (χ1n) is 7.22. The largest absolute Gasteiger partial charge is 0.335 e. The highest BCUT2D eigenvalue weighted by atomic mass is 19.1. The second-order valence-electron chi connectivity index (χ2n) is 5.79. The van der Waals surface area contributed by atoms with Crippen LogP contribution >= 0.6 is 0 Å². The molecule has 1 rings (SSSR count). The van der Waals surface area contributed by atoms with Gasteiger partial charge in [-0.3, -0.25) is 0 Å². The Kier molecular flexibility index (Phi) is 6.49. The maximum absolute atomic E-state index is 13.4. The van der Waals surface area contributed by atoms with E-state index < -0.39 is 0 Å². The van der Waals surface area contributed by atoms with Crippen LogP contribution in [0.15, 0.2) is 18.2 Å². The lowest BCUT2D eigenvalue weighted by molar-refractivity contribution is 0.248. The molecule has 4 heteroatoms. The second-order valence-corrected chi connectivity index (χ2v) is 5.79. The fourth-order valence-corrected chi connectivity index (χ4v) is 1.97. The van der Waals surface area contributed by atoms with Crippen LogP contribution in [0.2, 0.25) is 0 Å². The van der Waals surface area contributed by atoms with Gasteiger partial charge in [-0.2, -0.15) is 0 Å². The highest BCUT2D eigenvalue weighted by Crippen LogP contribution is 2.13. The molecule has 0 aliphatic rings. The van der Waals surface area contributed by atoms with Gasteiger partial charge in [0.15, 0.2) is 0 Å². The molecule has 0 unspecified atom stereocenters. The number of rotatable bonds is 6. The molecule has 0 aromatic heterocycles. The molecule has 112 valence electrons. The number of amides is 2. The molecule has 3 nitrogen and oxygen atoms in total. The molecule has 0 heterocycles. The van der Waals surface area contributed by atoms with Gasteiger partial charge < -0.3 is 10.6 Å². The summed E-state index contributed by atoms with van der Waals surface area (Å²) >= 11 is 0. The summed E-state index contributed by atoms with van der Waals surface area (Å²) in [6.45, 7) is 8.05. The highest BCUT2D eigenvalue weighted by Gasteiger charge is 2.08. The molecule has 1 atom stereocenters. The standard InChI is InChI=1S/C16H25FN2O/c1-11(2)6-5-7-13(4)18-16(20)19-14-9-8-12(3)15(17)10-14/h8-11,13H,5-7H2,1-4H3,(H2,18,19,20)/t13-/m1/s1. The highest BCUT2D eigenvalue weighted by molar-refractivity contribution is 5.89. The first-order valence-corrected chi connectivity index (χ1v) is 7.22. The van der Waals surface area contributed by atoms with Crippen molar-refractivity contribution in [2.24, 2.45) is 5.92 Å². The van der Waals surface area contributed by atoms with E-state index in [0.717, 1.165) is 19.3 Å². The van der Waals surface area contributed by atoms with E-state index >= 15 is 0 Å². The maximum Gasteiger partial charge on any atom is 0.319 e. The van der Waals surface area contributed by atoms with E-state index in [1.165, 1.54) is 6.07 Å². The monoisotopic (exact) mass is 280 g/mol. The van der Waals surface area contributed by atoms with E-state index in [4.69, 9.17) is 0 Å². The molecular weight excluding hydrogens is 255 g/mol. The summed E-state index contributed by atoms with van der Waals surface area (Å²) in [5.74, 6) is 0.374.